The van der Waals surface area contributed by atoms with E-state index in [1.165, 1.54) is 33.5 Å². The van der Waals surface area contributed by atoms with Gasteiger partial charge < -0.3 is 14.2 Å². The predicted octanol–water partition coefficient (Wildman–Crippen LogP) is 7.03. The molecule has 0 radical (unpaired) electrons. The minimum atomic E-state index is -0.839. The lowest BCUT2D eigenvalue weighted by Gasteiger charge is -2.47. The second-order valence-corrected chi connectivity index (χ2v) is 18.7. The molecule has 17 heteroatoms. The van der Waals surface area contributed by atoms with Crippen LogP contribution in [0.3, 0.4) is 0 Å². The SMILES string of the molecule is Cc1cc(-n2nc3c(c2-n2ccn(-c4ccc5c(cnn5C)c4F)c2=O)CN(C(=O)c2cc4cc([C@@H]5CCOC6(CCC6)C5)ccc4n2[C@@]2(c4noc(=O)[nH]4)C[C@@H]2C)CC3)cc(C)c1F. The van der Waals surface area contributed by atoms with Crippen molar-refractivity contribution >= 4 is 27.7 Å². The average molecular weight is 881 g/mol. The zero-order valence-corrected chi connectivity index (χ0v) is 36.4. The van der Waals surface area contributed by atoms with Gasteiger partial charge in [0.25, 0.3) is 5.91 Å². The second-order valence-electron chi connectivity index (χ2n) is 18.7. The smallest absolute Gasteiger partial charge is 0.375 e. The van der Waals surface area contributed by atoms with Crippen LogP contribution in [0.4, 0.5) is 8.78 Å². The summed E-state index contributed by atoms with van der Waals surface area (Å²) in [5.41, 5.74) is 4.29. The number of halogens is 2. The van der Waals surface area contributed by atoms with E-state index in [0.717, 1.165) is 43.2 Å². The quantitative estimate of drug-likeness (QED) is 0.179. The highest BCUT2D eigenvalue weighted by molar-refractivity contribution is 5.99. The first-order valence-corrected chi connectivity index (χ1v) is 22.3. The maximum Gasteiger partial charge on any atom is 0.438 e. The van der Waals surface area contributed by atoms with Gasteiger partial charge in [0.1, 0.15) is 22.9 Å². The van der Waals surface area contributed by atoms with Crippen molar-refractivity contribution in [3.8, 4) is 17.2 Å². The topological polar surface area (TPSA) is 156 Å². The lowest BCUT2D eigenvalue weighted by Crippen LogP contribution is -2.44. The van der Waals surface area contributed by atoms with Gasteiger partial charge in [-0.05, 0) is 123 Å². The number of hydrogen-bond donors (Lipinski definition) is 1. The van der Waals surface area contributed by atoms with Gasteiger partial charge in [-0.3, -0.25) is 28.1 Å². The lowest BCUT2D eigenvalue weighted by molar-refractivity contribution is -0.133. The minimum absolute atomic E-state index is 0.0130. The first-order chi connectivity index (χ1) is 31.3. The van der Waals surface area contributed by atoms with E-state index in [2.05, 4.69) is 40.4 Å². The zero-order valence-electron chi connectivity index (χ0n) is 36.4. The number of aromatic nitrogens is 9. The van der Waals surface area contributed by atoms with Crippen molar-refractivity contribution in [3.63, 3.8) is 0 Å². The van der Waals surface area contributed by atoms with Gasteiger partial charge in [-0.2, -0.15) is 10.2 Å². The maximum absolute atomic E-state index is 16.1. The van der Waals surface area contributed by atoms with Gasteiger partial charge >= 0.3 is 11.4 Å². The van der Waals surface area contributed by atoms with Crippen LogP contribution in [-0.4, -0.2) is 73.0 Å². The number of nitrogens with one attached hydrogen (secondary N) is 1. The van der Waals surface area contributed by atoms with E-state index in [1.807, 2.05) is 10.6 Å². The van der Waals surface area contributed by atoms with Crippen molar-refractivity contribution in [1.29, 1.82) is 0 Å². The molecule has 7 heterocycles. The molecule has 0 bridgehead atoms. The number of H-pyrrole nitrogens is 1. The largest absolute Gasteiger partial charge is 0.438 e. The highest BCUT2D eigenvalue weighted by atomic mass is 19.1. The van der Waals surface area contributed by atoms with Crippen molar-refractivity contribution in [2.24, 2.45) is 13.0 Å². The third kappa shape index (κ3) is 5.86. The molecule has 5 aromatic heterocycles. The summed E-state index contributed by atoms with van der Waals surface area (Å²) in [6, 6.07) is 15.0. The van der Waals surface area contributed by atoms with E-state index in [1.54, 1.807) is 65.6 Å². The minimum Gasteiger partial charge on any atom is -0.375 e. The Labute approximate surface area is 369 Å². The molecule has 3 atom stereocenters. The van der Waals surface area contributed by atoms with Gasteiger partial charge in [0.2, 0.25) is 0 Å². The average Bonchev–Trinajstić information content (AvgIpc) is 3.92. The Hall–Kier alpha value is -6.88. The van der Waals surface area contributed by atoms with Crippen LogP contribution in [0.1, 0.15) is 95.6 Å². The Balaban J connectivity index is 0.979. The zero-order chi connectivity index (χ0) is 44.7. The molecular formula is C48H46F2N10O5. The number of hydrogen-bond acceptors (Lipinski definition) is 8. The van der Waals surface area contributed by atoms with Crippen molar-refractivity contribution in [1.82, 2.24) is 48.3 Å². The van der Waals surface area contributed by atoms with Crippen molar-refractivity contribution in [3.05, 3.63) is 139 Å². The van der Waals surface area contributed by atoms with Crippen molar-refractivity contribution in [2.45, 2.75) is 89.3 Å². The standard InChI is InChI=1S/C48H46F2N10O5/c1-26-18-32(19-27(2)40(26)49)60-42(58-16-15-57(46(58)63)38-9-8-37-33(41(38)50)24-51-55(37)4)34-25-56(14-10-35(34)53-60)43(61)39-21-31-20-29(30-11-17-64-47(23-30)12-5-13-47)6-7-36(31)59(39)48(22-28(48)3)44-52-45(62)65-54-44/h6-9,15-16,18-21,24,28,30H,5,10-14,17,22-23,25H2,1-4H3,(H,52,54,62)/t28-,30+,48-/m0/s1. The van der Waals surface area contributed by atoms with Gasteiger partial charge in [-0.15, -0.1) is 0 Å². The van der Waals surface area contributed by atoms with E-state index >= 15 is 13.6 Å². The molecule has 8 aromatic rings. The third-order valence-electron chi connectivity index (χ3n) is 14.9. The summed E-state index contributed by atoms with van der Waals surface area (Å²) >= 11 is 0. The fourth-order valence-corrected chi connectivity index (χ4v) is 11.1. The highest BCUT2D eigenvalue weighted by Gasteiger charge is 2.59. The van der Waals surface area contributed by atoms with Crippen LogP contribution in [0, 0.1) is 31.4 Å². The number of ether oxygens (including phenoxy) is 1. The Bertz CT molecular complexity index is 3390. The molecular weight excluding hydrogens is 835 g/mol. The molecule has 4 aliphatic rings. The summed E-state index contributed by atoms with van der Waals surface area (Å²) < 4.78 is 50.4. The molecule has 1 saturated heterocycles. The molecule has 3 aromatic carbocycles. The molecule has 1 spiro atoms. The van der Waals surface area contributed by atoms with Crippen LogP contribution in [0.5, 0.6) is 0 Å². The monoisotopic (exact) mass is 880 g/mol. The van der Waals surface area contributed by atoms with E-state index in [4.69, 9.17) is 14.4 Å². The highest BCUT2D eigenvalue weighted by Crippen LogP contribution is 2.56. The van der Waals surface area contributed by atoms with E-state index in [0.29, 0.717) is 76.2 Å². The number of imidazole rings is 1. The van der Waals surface area contributed by atoms with E-state index in [-0.39, 0.29) is 40.9 Å². The van der Waals surface area contributed by atoms with Gasteiger partial charge in [-0.1, -0.05) is 18.1 Å². The Morgan fingerprint density at radius 1 is 0.954 bits per heavy atom. The van der Waals surface area contributed by atoms with E-state index in [9.17, 15) is 9.59 Å². The number of carbonyl (C=O) groups excluding carboxylic acids is 1. The molecule has 3 fully saturated rings. The molecule has 2 aliphatic carbocycles. The fraction of sp³-hybridized carbons (Fsp3) is 0.375. The van der Waals surface area contributed by atoms with Gasteiger partial charge in [0, 0.05) is 55.5 Å². The number of carbonyl (C=O) groups is 1. The fourth-order valence-electron chi connectivity index (χ4n) is 11.1. The summed E-state index contributed by atoms with van der Waals surface area (Å²) in [7, 11) is 1.72. The summed E-state index contributed by atoms with van der Waals surface area (Å²) in [6.45, 7) is 6.53. The Morgan fingerprint density at radius 2 is 1.72 bits per heavy atom. The van der Waals surface area contributed by atoms with E-state index < -0.39 is 22.8 Å². The molecule has 0 unspecified atom stereocenters. The molecule has 2 saturated carbocycles. The van der Waals surface area contributed by atoms with Crippen molar-refractivity contribution in [2.75, 3.05) is 13.2 Å². The van der Waals surface area contributed by atoms with Gasteiger partial charge in [0.15, 0.2) is 11.6 Å². The summed E-state index contributed by atoms with van der Waals surface area (Å²) in [5.74, 6) is -0.800. The summed E-state index contributed by atoms with van der Waals surface area (Å²) in [5, 5.41) is 14.6. The number of amides is 1. The van der Waals surface area contributed by atoms with Crippen LogP contribution >= 0.6 is 0 Å². The normalized spacial score (nSPS) is 21.4. The number of aryl methyl sites for hydroxylation is 3. The van der Waals surface area contributed by atoms with Gasteiger partial charge in [-0.25, -0.2) is 23.1 Å². The number of aromatic amines is 1. The number of rotatable bonds is 7. The van der Waals surface area contributed by atoms with Crippen molar-refractivity contribution < 1.29 is 22.8 Å². The number of fused-ring (bicyclic) bond motifs is 3. The predicted molar refractivity (Wildman–Crippen MR) is 235 cm³/mol. The first kappa shape index (κ1) is 39.7. The molecule has 2 aliphatic heterocycles. The first-order valence-electron chi connectivity index (χ1n) is 22.3. The Kier molecular flexibility index (Phi) is 8.58. The number of benzene rings is 3. The molecule has 12 rings (SSSR count). The molecule has 1 amide bonds. The molecule has 65 heavy (non-hydrogen) atoms. The summed E-state index contributed by atoms with van der Waals surface area (Å²) in [6.07, 6.45) is 10.7. The van der Waals surface area contributed by atoms with Crippen LogP contribution in [-0.2, 0) is 30.3 Å². The van der Waals surface area contributed by atoms with Crippen LogP contribution in [0.15, 0.2) is 81.2 Å². The maximum atomic E-state index is 16.1. The van der Waals surface area contributed by atoms with Crippen LogP contribution < -0.4 is 11.4 Å². The summed E-state index contributed by atoms with van der Waals surface area (Å²) in [4.78, 5) is 46.9. The van der Waals surface area contributed by atoms with Crippen LogP contribution in [0.25, 0.3) is 39.0 Å². The lowest BCUT2D eigenvalue weighted by atomic mass is 9.70. The number of nitrogens with zero attached hydrogens (tertiary/aromatic N) is 9. The third-order valence-corrected chi connectivity index (χ3v) is 14.9. The van der Waals surface area contributed by atoms with Crippen LogP contribution in [0.2, 0.25) is 0 Å². The molecule has 332 valence electrons. The van der Waals surface area contributed by atoms with Gasteiger partial charge in [0.05, 0.1) is 46.3 Å². The molecule has 15 nitrogen and oxygen atoms in total. The molecule has 1 N–H and O–H groups in total. The Morgan fingerprint density at radius 3 is 2.45 bits per heavy atom. The second kappa shape index (κ2) is 14.1.